The van der Waals surface area contributed by atoms with Gasteiger partial charge in [-0.1, -0.05) is 48.0 Å². The highest BCUT2D eigenvalue weighted by molar-refractivity contribution is 5.68. The third kappa shape index (κ3) is 2.54. The molecule has 2 rings (SSSR count). The molecule has 0 bridgehead atoms. The fraction of sp³-hybridized carbons (Fsp3) is 0.200. The summed E-state index contributed by atoms with van der Waals surface area (Å²) in [6.45, 7) is 3.23. The van der Waals surface area contributed by atoms with Crippen molar-refractivity contribution in [3.8, 4) is 11.1 Å². The van der Waals surface area contributed by atoms with Gasteiger partial charge in [0, 0.05) is 13.1 Å². The van der Waals surface area contributed by atoms with Crippen LogP contribution in [0.15, 0.2) is 42.5 Å². The Morgan fingerprint density at radius 3 is 2.18 bits per heavy atom. The topological polar surface area (TPSA) is 52.0 Å². The van der Waals surface area contributed by atoms with Crippen LogP contribution < -0.4 is 11.5 Å². The van der Waals surface area contributed by atoms with Crippen LogP contribution in [0.4, 0.5) is 0 Å². The minimum absolute atomic E-state index is 0.565. The van der Waals surface area contributed by atoms with Crippen molar-refractivity contribution in [3.05, 3.63) is 59.2 Å². The molecular weight excluding hydrogens is 208 g/mol. The molecule has 0 aliphatic carbocycles. The van der Waals surface area contributed by atoms with Crippen LogP contribution >= 0.6 is 0 Å². The predicted molar refractivity (Wildman–Crippen MR) is 72.4 cm³/mol. The zero-order valence-corrected chi connectivity index (χ0v) is 10.1. The van der Waals surface area contributed by atoms with Gasteiger partial charge in [0.2, 0.25) is 0 Å². The van der Waals surface area contributed by atoms with Crippen LogP contribution in [0.25, 0.3) is 11.1 Å². The first-order valence-electron chi connectivity index (χ1n) is 5.83. The summed E-state index contributed by atoms with van der Waals surface area (Å²) in [4.78, 5) is 0. The maximum absolute atomic E-state index is 5.79. The second-order valence-electron chi connectivity index (χ2n) is 4.27. The van der Waals surface area contributed by atoms with Gasteiger partial charge in [-0.2, -0.15) is 0 Å². The standard InChI is InChI=1S/C15H18N2/c1-11-2-7-15(14(8-11)10-17)13-5-3-12(9-16)4-6-13/h2-8H,9-10,16-17H2,1H3. The van der Waals surface area contributed by atoms with Gasteiger partial charge in [-0.15, -0.1) is 0 Å². The number of hydrogen-bond acceptors (Lipinski definition) is 2. The molecule has 88 valence electrons. The monoisotopic (exact) mass is 226 g/mol. The molecule has 0 fully saturated rings. The fourth-order valence-corrected chi connectivity index (χ4v) is 1.99. The molecule has 0 amide bonds. The molecule has 0 aliphatic heterocycles. The zero-order valence-electron chi connectivity index (χ0n) is 10.1. The lowest BCUT2D eigenvalue weighted by molar-refractivity contribution is 1.06. The first-order valence-corrected chi connectivity index (χ1v) is 5.83. The van der Waals surface area contributed by atoms with Gasteiger partial charge in [-0.3, -0.25) is 0 Å². The Balaban J connectivity index is 2.44. The lowest BCUT2D eigenvalue weighted by Crippen LogP contribution is -2.00. The molecule has 0 radical (unpaired) electrons. The maximum Gasteiger partial charge on any atom is 0.0184 e. The summed E-state index contributed by atoms with van der Waals surface area (Å²) in [5, 5.41) is 0. The minimum atomic E-state index is 0.565. The normalized spacial score (nSPS) is 10.5. The van der Waals surface area contributed by atoms with Gasteiger partial charge >= 0.3 is 0 Å². The van der Waals surface area contributed by atoms with E-state index in [4.69, 9.17) is 11.5 Å². The summed E-state index contributed by atoms with van der Waals surface area (Å²) in [5.41, 5.74) is 17.4. The van der Waals surface area contributed by atoms with E-state index in [1.54, 1.807) is 0 Å². The molecule has 2 aromatic carbocycles. The van der Waals surface area contributed by atoms with Crippen LogP contribution in [0.5, 0.6) is 0 Å². The molecule has 0 unspecified atom stereocenters. The first-order chi connectivity index (χ1) is 8.24. The van der Waals surface area contributed by atoms with Crippen molar-refractivity contribution < 1.29 is 0 Å². The minimum Gasteiger partial charge on any atom is -0.326 e. The van der Waals surface area contributed by atoms with E-state index in [1.165, 1.54) is 22.3 Å². The number of aryl methyl sites for hydroxylation is 1. The van der Waals surface area contributed by atoms with Gasteiger partial charge in [0.25, 0.3) is 0 Å². The highest BCUT2D eigenvalue weighted by atomic mass is 14.5. The van der Waals surface area contributed by atoms with E-state index in [0.29, 0.717) is 13.1 Å². The molecule has 17 heavy (non-hydrogen) atoms. The van der Waals surface area contributed by atoms with Gasteiger partial charge in [0.15, 0.2) is 0 Å². The summed E-state index contributed by atoms with van der Waals surface area (Å²) in [6.07, 6.45) is 0. The number of benzene rings is 2. The summed E-state index contributed by atoms with van der Waals surface area (Å²) in [7, 11) is 0. The Bertz CT molecular complexity index is 501. The highest BCUT2D eigenvalue weighted by Gasteiger charge is 2.04. The highest BCUT2D eigenvalue weighted by Crippen LogP contribution is 2.24. The molecule has 2 aromatic rings. The first kappa shape index (κ1) is 11.8. The van der Waals surface area contributed by atoms with Crippen molar-refractivity contribution in [2.45, 2.75) is 20.0 Å². The lowest BCUT2D eigenvalue weighted by Gasteiger charge is -2.09. The molecule has 0 aliphatic rings. The quantitative estimate of drug-likeness (QED) is 0.845. The molecule has 0 atom stereocenters. The van der Waals surface area contributed by atoms with Gasteiger partial charge in [0.05, 0.1) is 0 Å². The van der Waals surface area contributed by atoms with Gasteiger partial charge < -0.3 is 11.5 Å². The van der Waals surface area contributed by atoms with E-state index in [2.05, 4.69) is 49.4 Å². The van der Waals surface area contributed by atoms with Gasteiger partial charge in [0.1, 0.15) is 0 Å². The van der Waals surface area contributed by atoms with E-state index in [-0.39, 0.29) is 0 Å². The van der Waals surface area contributed by atoms with Crippen molar-refractivity contribution in [2.75, 3.05) is 0 Å². The summed E-state index contributed by atoms with van der Waals surface area (Å²) >= 11 is 0. The molecule has 4 N–H and O–H groups in total. The van der Waals surface area contributed by atoms with E-state index in [1.807, 2.05) is 0 Å². The third-order valence-corrected chi connectivity index (χ3v) is 2.98. The Hall–Kier alpha value is -1.64. The number of hydrogen-bond donors (Lipinski definition) is 2. The Labute approximate surface area is 102 Å². The van der Waals surface area contributed by atoms with E-state index < -0.39 is 0 Å². The van der Waals surface area contributed by atoms with Crippen molar-refractivity contribution in [1.82, 2.24) is 0 Å². The fourth-order valence-electron chi connectivity index (χ4n) is 1.99. The van der Waals surface area contributed by atoms with E-state index >= 15 is 0 Å². The Morgan fingerprint density at radius 1 is 0.882 bits per heavy atom. The van der Waals surface area contributed by atoms with Crippen molar-refractivity contribution >= 4 is 0 Å². The van der Waals surface area contributed by atoms with Crippen LogP contribution in [0.3, 0.4) is 0 Å². The third-order valence-electron chi connectivity index (χ3n) is 2.98. The Morgan fingerprint density at radius 2 is 1.59 bits per heavy atom. The second kappa shape index (κ2) is 5.13. The smallest absolute Gasteiger partial charge is 0.0184 e. The van der Waals surface area contributed by atoms with Crippen LogP contribution in [-0.4, -0.2) is 0 Å². The molecule has 0 saturated carbocycles. The largest absolute Gasteiger partial charge is 0.326 e. The van der Waals surface area contributed by atoms with Crippen molar-refractivity contribution in [2.24, 2.45) is 11.5 Å². The predicted octanol–water partition coefficient (Wildman–Crippen LogP) is 2.58. The molecular formula is C15H18N2. The molecule has 0 aromatic heterocycles. The summed E-state index contributed by atoms with van der Waals surface area (Å²) in [5.74, 6) is 0. The summed E-state index contributed by atoms with van der Waals surface area (Å²) < 4.78 is 0. The maximum atomic E-state index is 5.79. The number of nitrogens with two attached hydrogens (primary N) is 2. The molecule has 0 saturated heterocycles. The SMILES string of the molecule is Cc1ccc(-c2ccc(CN)cc2)c(CN)c1. The van der Waals surface area contributed by atoms with Crippen LogP contribution in [0.2, 0.25) is 0 Å². The van der Waals surface area contributed by atoms with Crippen molar-refractivity contribution in [3.63, 3.8) is 0 Å². The van der Waals surface area contributed by atoms with Crippen LogP contribution in [0.1, 0.15) is 16.7 Å². The lowest BCUT2D eigenvalue weighted by atomic mass is 9.97. The van der Waals surface area contributed by atoms with Crippen molar-refractivity contribution in [1.29, 1.82) is 0 Å². The van der Waals surface area contributed by atoms with Gasteiger partial charge in [-0.25, -0.2) is 0 Å². The van der Waals surface area contributed by atoms with Crippen LogP contribution in [-0.2, 0) is 13.1 Å². The zero-order chi connectivity index (χ0) is 12.3. The molecule has 0 spiro atoms. The number of rotatable bonds is 3. The van der Waals surface area contributed by atoms with E-state index in [0.717, 1.165) is 5.56 Å². The second-order valence-corrected chi connectivity index (χ2v) is 4.27. The molecule has 0 heterocycles. The molecule has 2 heteroatoms. The molecule has 2 nitrogen and oxygen atoms in total. The summed E-state index contributed by atoms with van der Waals surface area (Å²) in [6, 6.07) is 14.7. The Kier molecular flexibility index (Phi) is 3.57. The average molecular weight is 226 g/mol. The van der Waals surface area contributed by atoms with Gasteiger partial charge in [-0.05, 0) is 29.2 Å². The van der Waals surface area contributed by atoms with E-state index in [9.17, 15) is 0 Å². The average Bonchev–Trinajstić information content (AvgIpc) is 2.39. The van der Waals surface area contributed by atoms with Crippen LogP contribution in [0, 0.1) is 6.92 Å².